The van der Waals surface area contributed by atoms with E-state index in [0.717, 1.165) is 12.5 Å². The molecule has 0 bridgehead atoms. The molecule has 5 heteroatoms. The van der Waals surface area contributed by atoms with Crippen LogP contribution in [0.15, 0.2) is 4.99 Å². The van der Waals surface area contributed by atoms with Crippen molar-refractivity contribution in [2.24, 2.45) is 10.4 Å². The molecule has 1 aliphatic rings. The number of nitrogens with one attached hydrogen (secondary N) is 2. The zero-order valence-corrected chi connectivity index (χ0v) is 15.9. The maximum Gasteiger partial charge on any atom is 0.191 e. The fourth-order valence-corrected chi connectivity index (χ4v) is 2.79. The molecule has 0 aromatic heterocycles. The van der Waals surface area contributed by atoms with Crippen LogP contribution in [0.4, 0.5) is 0 Å². The van der Waals surface area contributed by atoms with Gasteiger partial charge >= 0.3 is 0 Å². The molecule has 1 rings (SSSR count). The van der Waals surface area contributed by atoms with Crippen molar-refractivity contribution in [2.45, 2.75) is 52.0 Å². The summed E-state index contributed by atoms with van der Waals surface area (Å²) in [6, 6.07) is 0.602. The Balaban J connectivity index is 0.00000324. The molecule has 0 unspecified atom stereocenters. The molecule has 2 N–H and O–H groups in total. The third-order valence-corrected chi connectivity index (χ3v) is 4.42. The van der Waals surface area contributed by atoms with Gasteiger partial charge < -0.3 is 10.6 Å². The highest BCUT2D eigenvalue weighted by Gasteiger charge is 2.26. The summed E-state index contributed by atoms with van der Waals surface area (Å²) in [7, 11) is 1.86. The van der Waals surface area contributed by atoms with Gasteiger partial charge in [-0.1, -0.05) is 13.8 Å². The molecule has 0 spiro atoms. The fourth-order valence-electron chi connectivity index (χ4n) is 2.35. The van der Waals surface area contributed by atoms with Crippen LogP contribution in [0, 0.1) is 5.41 Å². The van der Waals surface area contributed by atoms with E-state index in [1.165, 1.54) is 37.9 Å². The van der Waals surface area contributed by atoms with E-state index in [-0.39, 0.29) is 24.0 Å². The highest BCUT2D eigenvalue weighted by molar-refractivity contribution is 14.0. The van der Waals surface area contributed by atoms with Crippen LogP contribution in [0.2, 0.25) is 0 Å². The van der Waals surface area contributed by atoms with Crippen molar-refractivity contribution in [1.29, 1.82) is 0 Å². The van der Waals surface area contributed by atoms with E-state index in [9.17, 15) is 0 Å². The van der Waals surface area contributed by atoms with E-state index in [2.05, 4.69) is 35.7 Å². The standard InChI is InChI=1S/C14H29N3S.HI/c1-14(2)8-6-12(7-9-14)17-13(15-3)16-10-5-11-18-4;/h12H,5-11H2,1-4H3,(H2,15,16,17);1H. The molecule has 0 amide bonds. The largest absolute Gasteiger partial charge is 0.356 e. The predicted molar refractivity (Wildman–Crippen MR) is 98.9 cm³/mol. The minimum atomic E-state index is 0. The summed E-state index contributed by atoms with van der Waals surface area (Å²) < 4.78 is 0. The minimum Gasteiger partial charge on any atom is -0.356 e. The number of hydrogen-bond acceptors (Lipinski definition) is 2. The van der Waals surface area contributed by atoms with Crippen molar-refractivity contribution >= 4 is 41.7 Å². The van der Waals surface area contributed by atoms with Gasteiger partial charge in [-0.25, -0.2) is 0 Å². The molecular formula is C14H30IN3S. The molecule has 19 heavy (non-hydrogen) atoms. The predicted octanol–water partition coefficient (Wildman–Crippen LogP) is 3.49. The number of thioether (sulfide) groups is 1. The highest BCUT2D eigenvalue weighted by Crippen LogP contribution is 2.34. The van der Waals surface area contributed by atoms with E-state index >= 15 is 0 Å². The number of rotatable bonds is 5. The van der Waals surface area contributed by atoms with Gasteiger partial charge in [0.15, 0.2) is 5.96 Å². The number of nitrogens with zero attached hydrogens (tertiary/aromatic N) is 1. The number of guanidine groups is 1. The van der Waals surface area contributed by atoms with Crippen molar-refractivity contribution < 1.29 is 0 Å². The summed E-state index contributed by atoms with van der Waals surface area (Å²) in [6.45, 7) is 5.76. The molecular weight excluding hydrogens is 369 g/mol. The van der Waals surface area contributed by atoms with Crippen molar-refractivity contribution in [3.05, 3.63) is 0 Å². The molecule has 0 aromatic carbocycles. The molecule has 0 aliphatic heterocycles. The second-order valence-electron chi connectivity index (χ2n) is 5.93. The topological polar surface area (TPSA) is 36.4 Å². The van der Waals surface area contributed by atoms with Gasteiger partial charge in [-0.3, -0.25) is 4.99 Å². The average Bonchev–Trinajstić information content (AvgIpc) is 2.35. The second-order valence-corrected chi connectivity index (χ2v) is 6.91. The monoisotopic (exact) mass is 399 g/mol. The van der Waals surface area contributed by atoms with Gasteiger partial charge in [0.2, 0.25) is 0 Å². The molecule has 0 aromatic rings. The van der Waals surface area contributed by atoms with Gasteiger partial charge in [-0.2, -0.15) is 11.8 Å². The summed E-state index contributed by atoms with van der Waals surface area (Å²) >= 11 is 1.90. The van der Waals surface area contributed by atoms with Crippen LogP contribution in [-0.2, 0) is 0 Å². The van der Waals surface area contributed by atoms with Gasteiger partial charge in [-0.15, -0.1) is 24.0 Å². The lowest BCUT2D eigenvalue weighted by Gasteiger charge is -2.35. The fraction of sp³-hybridized carbons (Fsp3) is 0.929. The van der Waals surface area contributed by atoms with Crippen LogP contribution in [0.25, 0.3) is 0 Å². The Morgan fingerprint density at radius 2 is 1.95 bits per heavy atom. The SMILES string of the molecule is CN=C(NCCCSC)NC1CCC(C)(C)CC1.I. The lowest BCUT2D eigenvalue weighted by Crippen LogP contribution is -2.45. The van der Waals surface area contributed by atoms with Gasteiger partial charge in [-0.05, 0) is 49.5 Å². The van der Waals surface area contributed by atoms with Crippen LogP contribution >= 0.6 is 35.7 Å². The molecule has 0 heterocycles. The number of hydrogen-bond donors (Lipinski definition) is 2. The van der Waals surface area contributed by atoms with E-state index in [1.54, 1.807) is 0 Å². The minimum absolute atomic E-state index is 0. The number of halogens is 1. The van der Waals surface area contributed by atoms with Gasteiger partial charge in [0.05, 0.1) is 0 Å². The third kappa shape index (κ3) is 8.27. The van der Waals surface area contributed by atoms with Crippen LogP contribution in [0.3, 0.4) is 0 Å². The summed E-state index contributed by atoms with van der Waals surface area (Å²) in [6.07, 6.45) is 8.50. The van der Waals surface area contributed by atoms with Crippen LogP contribution in [0.1, 0.15) is 46.0 Å². The first kappa shape index (κ1) is 19.4. The van der Waals surface area contributed by atoms with Crippen molar-refractivity contribution in [2.75, 3.05) is 25.6 Å². The lowest BCUT2D eigenvalue weighted by atomic mass is 9.75. The number of aliphatic imine (C=N–C) groups is 1. The normalized spacial score (nSPS) is 19.7. The van der Waals surface area contributed by atoms with Gasteiger partial charge in [0, 0.05) is 19.6 Å². The quantitative estimate of drug-likeness (QED) is 0.322. The Morgan fingerprint density at radius 3 is 2.47 bits per heavy atom. The Bertz CT molecular complexity index is 259. The molecule has 0 radical (unpaired) electrons. The van der Waals surface area contributed by atoms with Crippen LogP contribution in [0.5, 0.6) is 0 Å². The van der Waals surface area contributed by atoms with E-state index in [0.29, 0.717) is 11.5 Å². The third-order valence-electron chi connectivity index (χ3n) is 3.72. The van der Waals surface area contributed by atoms with E-state index < -0.39 is 0 Å². The maximum absolute atomic E-state index is 4.30. The summed E-state index contributed by atoms with van der Waals surface area (Å²) in [4.78, 5) is 4.30. The molecule has 3 nitrogen and oxygen atoms in total. The molecule has 114 valence electrons. The Hall–Kier alpha value is 0.350. The Kier molecular flexibility index (Phi) is 10.3. The van der Waals surface area contributed by atoms with E-state index in [4.69, 9.17) is 0 Å². The first-order valence-electron chi connectivity index (χ1n) is 7.03. The zero-order valence-electron chi connectivity index (χ0n) is 12.8. The first-order valence-corrected chi connectivity index (χ1v) is 8.43. The Labute approximate surface area is 140 Å². The molecule has 0 saturated heterocycles. The molecule has 1 saturated carbocycles. The van der Waals surface area contributed by atoms with Crippen molar-refractivity contribution in [1.82, 2.24) is 10.6 Å². The highest BCUT2D eigenvalue weighted by atomic mass is 127. The summed E-state index contributed by atoms with van der Waals surface area (Å²) in [5, 5.41) is 6.95. The zero-order chi connectivity index (χ0) is 13.4. The summed E-state index contributed by atoms with van der Waals surface area (Å²) in [5.41, 5.74) is 0.535. The molecule has 1 aliphatic carbocycles. The average molecular weight is 399 g/mol. The van der Waals surface area contributed by atoms with Gasteiger partial charge in [0.25, 0.3) is 0 Å². The molecule has 0 atom stereocenters. The van der Waals surface area contributed by atoms with Crippen LogP contribution in [-0.4, -0.2) is 37.6 Å². The smallest absolute Gasteiger partial charge is 0.191 e. The Morgan fingerprint density at radius 1 is 1.32 bits per heavy atom. The van der Waals surface area contributed by atoms with Crippen molar-refractivity contribution in [3.63, 3.8) is 0 Å². The van der Waals surface area contributed by atoms with E-state index in [1.807, 2.05) is 18.8 Å². The second kappa shape index (κ2) is 10.1. The summed E-state index contributed by atoms with van der Waals surface area (Å²) in [5.74, 6) is 2.18. The lowest BCUT2D eigenvalue weighted by molar-refractivity contribution is 0.216. The van der Waals surface area contributed by atoms with Crippen LogP contribution < -0.4 is 10.6 Å². The maximum atomic E-state index is 4.30. The van der Waals surface area contributed by atoms with Gasteiger partial charge in [0.1, 0.15) is 0 Å². The van der Waals surface area contributed by atoms with Crippen molar-refractivity contribution in [3.8, 4) is 0 Å². The molecule has 1 fully saturated rings. The first-order chi connectivity index (χ1) is 8.57.